The van der Waals surface area contributed by atoms with Crippen LogP contribution in [0.4, 0.5) is 0 Å². The summed E-state index contributed by atoms with van der Waals surface area (Å²) in [6.45, 7) is 4.09. The second-order valence-electron chi connectivity index (χ2n) is 7.47. The van der Waals surface area contributed by atoms with Gasteiger partial charge in [0.25, 0.3) is 5.56 Å². The Kier molecular flexibility index (Phi) is 4.70. The van der Waals surface area contributed by atoms with E-state index in [1.54, 1.807) is 4.68 Å². The monoisotopic (exact) mass is 341 g/mol. The maximum atomic E-state index is 12.3. The van der Waals surface area contributed by atoms with Crippen molar-refractivity contribution >= 4 is 0 Å². The zero-order chi connectivity index (χ0) is 17.2. The van der Waals surface area contributed by atoms with E-state index in [0.29, 0.717) is 5.92 Å². The maximum absolute atomic E-state index is 12.3. The van der Waals surface area contributed by atoms with Gasteiger partial charge in [0.2, 0.25) is 0 Å². The minimum Gasteiger partial charge on any atom is -0.303 e. The van der Waals surface area contributed by atoms with Crippen LogP contribution >= 0.6 is 0 Å². The van der Waals surface area contributed by atoms with Gasteiger partial charge in [0.1, 0.15) is 0 Å². The van der Waals surface area contributed by atoms with E-state index in [1.165, 1.54) is 11.3 Å². The Morgan fingerprint density at radius 1 is 1.24 bits per heavy atom. The van der Waals surface area contributed by atoms with Crippen molar-refractivity contribution in [3.05, 3.63) is 45.6 Å². The van der Waals surface area contributed by atoms with Crippen LogP contribution in [0, 0.1) is 5.92 Å². The molecule has 134 valence electrons. The molecule has 0 saturated carbocycles. The summed E-state index contributed by atoms with van der Waals surface area (Å²) in [7, 11) is 2.00. The first-order valence-electron chi connectivity index (χ1n) is 9.48. The van der Waals surface area contributed by atoms with Crippen LogP contribution in [-0.4, -0.2) is 44.1 Å². The van der Waals surface area contributed by atoms with Gasteiger partial charge in [-0.25, -0.2) is 4.68 Å². The Bertz CT molecular complexity index is 785. The predicted octanol–water partition coefficient (Wildman–Crippen LogP) is 1.42. The number of likely N-dealkylation sites (tertiary alicyclic amines) is 1. The Hall–Kier alpha value is -1.95. The van der Waals surface area contributed by atoms with E-state index in [9.17, 15) is 4.79 Å². The molecule has 0 spiro atoms. The SMILES string of the molecule is Cn1nccc1CCN1CCC(Cn2nc3c(cc2=O)CCC3)CC1. The molecule has 0 N–H and O–H groups in total. The molecule has 0 amide bonds. The van der Waals surface area contributed by atoms with Gasteiger partial charge in [-0.2, -0.15) is 10.2 Å². The molecule has 0 radical (unpaired) electrons. The number of hydrogen-bond acceptors (Lipinski definition) is 4. The second-order valence-corrected chi connectivity index (χ2v) is 7.47. The van der Waals surface area contributed by atoms with Gasteiger partial charge >= 0.3 is 0 Å². The van der Waals surface area contributed by atoms with Crippen molar-refractivity contribution in [3.63, 3.8) is 0 Å². The second kappa shape index (κ2) is 7.12. The van der Waals surface area contributed by atoms with Crippen molar-refractivity contribution in [1.29, 1.82) is 0 Å². The minimum atomic E-state index is 0.0827. The van der Waals surface area contributed by atoms with Gasteiger partial charge in [-0.05, 0) is 62.7 Å². The molecular weight excluding hydrogens is 314 g/mol. The molecule has 4 rings (SSSR count). The van der Waals surface area contributed by atoms with E-state index >= 15 is 0 Å². The molecule has 3 heterocycles. The standard InChI is InChI=1S/C19H27N5O/c1-22-17(5-9-20-22)8-12-23-10-6-15(7-11-23)14-24-19(25)13-16-3-2-4-18(16)21-24/h5,9,13,15H,2-4,6-8,10-12,14H2,1H3. The van der Waals surface area contributed by atoms with Crippen molar-refractivity contribution in [2.45, 2.75) is 45.1 Å². The fraction of sp³-hybridized carbons (Fsp3) is 0.632. The van der Waals surface area contributed by atoms with Crippen LogP contribution in [0.5, 0.6) is 0 Å². The molecule has 25 heavy (non-hydrogen) atoms. The molecule has 2 aromatic heterocycles. The highest BCUT2D eigenvalue weighted by molar-refractivity contribution is 5.22. The first-order chi connectivity index (χ1) is 12.2. The molecule has 1 aliphatic heterocycles. The molecule has 2 aromatic rings. The first-order valence-corrected chi connectivity index (χ1v) is 9.48. The number of piperidine rings is 1. The molecule has 0 aromatic carbocycles. The molecule has 0 atom stereocenters. The van der Waals surface area contributed by atoms with Crippen molar-refractivity contribution in [1.82, 2.24) is 24.5 Å². The molecule has 0 bridgehead atoms. The van der Waals surface area contributed by atoms with E-state index in [0.717, 1.165) is 70.4 Å². The summed E-state index contributed by atoms with van der Waals surface area (Å²) in [5.74, 6) is 0.567. The highest BCUT2D eigenvalue weighted by Gasteiger charge is 2.21. The van der Waals surface area contributed by atoms with Gasteiger partial charge in [0.05, 0.1) is 5.69 Å². The van der Waals surface area contributed by atoms with Gasteiger partial charge in [-0.15, -0.1) is 0 Å². The highest BCUT2D eigenvalue weighted by atomic mass is 16.1. The normalized spacial score (nSPS) is 18.6. The van der Waals surface area contributed by atoms with E-state index in [4.69, 9.17) is 0 Å². The minimum absolute atomic E-state index is 0.0827. The summed E-state index contributed by atoms with van der Waals surface area (Å²) >= 11 is 0. The smallest absolute Gasteiger partial charge is 0.267 e. The van der Waals surface area contributed by atoms with Gasteiger partial charge in [-0.3, -0.25) is 9.48 Å². The summed E-state index contributed by atoms with van der Waals surface area (Å²) < 4.78 is 3.68. The van der Waals surface area contributed by atoms with Crippen molar-refractivity contribution in [3.8, 4) is 0 Å². The number of aryl methyl sites for hydroxylation is 3. The lowest BCUT2D eigenvalue weighted by Crippen LogP contribution is -2.38. The van der Waals surface area contributed by atoms with Crippen LogP contribution in [0.15, 0.2) is 23.1 Å². The van der Waals surface area contributed by atoms with Crippen molar-refractivity contribution in [2.24, 2.45) is 13.0 Å². The summed E-state index contributed by atoms with van der Waals surface area (Å²) in [6.07, 6.45) is 8.40. The van der Waals surface area contributed by atoms with Gasteiger partial charge < -0.3 is 4.90 Å². The number of hydrogen-bond donors (Lipinski definition) is 0. The van der Waals surface area contributed by atoms with E-state index in [2.05, 4.69) is 21.2 Å². The predicted molar refractivity (Wildman–Crippen MR) is 96.6 cm³/mol. The van der Waals surface area contributed by atoms with Crippen LogP contribution in [0.25, 0.3) is 0 Å². The van der Waals surface area contributed by atoms with Crippen LogP contribution in [0.1, 0.15) is 36.2 Å². The summed E-state index contributed by atoms with van der Waals surface area (Å²) in [5, 5.41) is 8.86. The summed E-state index contributed by atoms with van der Waals surface area (Å²) in [4.78, 5) is 14.8. The maximum Gasteiger partial charge on any atom is 0.267 e. The van der Waals surface area contributed by atoms with E-state index in [1.807, 2.05) is 24.0 Å². The molecule has 1 aliphatic carbocycles. The Morgan fingerprint density at radius 2 is 2.08 bits per heavy atom. The topological polar surface area (TPSA) is 56.0 Å². The zero-order valence-corrected chi connectivity index (χ0v) is 15.0. The fourth-order valence-corrected chi connectivity index (χ4v) is 4.13. The average molecular weight is 341 g/mol. The van der Waals surface area contributed by atoms with Crippen LogP contribution in [0.3, 0.4) is 0 Å². The highest BCUT2D eigenvalue weighted by Crippen LogP contribution is 2.20. The molecule has 0 unspecified atom stereocenters. The van der Waals surface area contributed by atoms with Crippen molar-refractivity contribution in [2.75, 3.05) is 19.6 Å². The number of rotatable bonds is 5. The Labute approximate surface area is 148 Å². The molecule has 1 fully saturated rings. The van der Waals surface area contributed by atoms with Crippen LogP contribution < -0.4 is 5.56 Å². The fourth-order valence-electron chi connectivity index (χ4n) is 4.13. The molecular formula is C19H27N5O. The lowest BCUT2D eigenvalue weighted by molar-refractivity contribution is 0.170. The van der Waals surface area contributed by atoms with Crippen molar-refractivity contribution < 1.29 is 0 Å². The summed E-state index contributed by atoms with van der Waals surface area (Å²) in [5.41, 5.74) is 3.69. The number of aromatic nitrogens is 4. The zero-order valence-electron chi connectivity index (χ0n) is 15.0. The Balaban J connectivity index is 1.29. The lowest BCUT2D eigenvalue weighted by atomic mass is 9.96. The van der Waals surface area contributed by atoms with Crippen LogP contribution in [0.2, 0.25) is 0 Å². The van der Waals surface area contributed by atoms with Gasteiger partial charge in [0.15, 0.2) is 0 Å². The molecule has 6 heteroatoms. The molecule has 2 aliphatic rings. The van der Waals surface area contributed by atoms with E-state index < -0.39 is 0 Å². The first kappa shape index (κ1) is 16.5. The largest absolute Gasteiger partial charge is 0.303 e. The van der Waals surface area contributed by atoms with Gasteiger partial charge in [0, 0.05) is 44.5 Å². The number of fused-ring (bicyclic) bond motifs is 1. The third kappa shape index (κ3) is 3.68. The molecule has 6 nitrogen and oxygen atoms in total. The quantitative estimate of drug-likeness (QED) is 0.825. The average Bonchev–Trinajstić information content (AvgIpc) is 3.23. The third-order valence-corrected chi connectivity index (χ3v) is 5.77. The lowest BCUT2D eigenvalue weighted by Gasteiger charge is -2.32. The number of nitrogens with zero attached hydrogens (tertiary/aromatic N) is 5. The van der Waals surface area contributed by atoms with Gasteiger partial charge in [-0.1, -0.05) is 0 Å². The Morgan fingerprint density at radius 3 is 2.84 bits per heavy atom. The van der Waals surface area contributed by atoms with Crippen LogP contribution in [-0.2, 0) is 32.9 Å². The third-order valence-electron chi connectivity index (χ3n) is 5.77. The summed E-state index contributed by atoms with van der Waals surface area (Å²) in [6, 6.07) is 3.91. The van der Waals surface area contributed by atoms with E-state index in [-0.39, 0.29) is 5.56 Å². The molecule has 1 saturated heterocycles.